The smallest absolute Gasteiger partial charge is 0.324 e. The van der Waals surface area contributed by atoms with Crippen molar-refractivity contribution in [2.24, 2.45) is 0 Å². The van der Waals surface area contributed by atoms with Gasteiger partial charge in [-0.15, -0.1) is 0 Å². The van der Waals surface area contributed by atoms with Crippen LogP contribution in [0.1, 0.15) is 45.7 Å². The fourth-order valence-electron chi connectivity index (χ4n) is 2.68. The fourth-order valence-corrected chi connectivity index (χ4v) is 3.88. The molecule has 1 atom stereocenters. The van der Waals surface area contributed by atoms with Gasteiger partial charge < -0.3 is 4.74 Å². The molecule has 8 heteroatoms. The number of hydrogen-bond donors (Lipinski definition) is 1. The molecule has 0 heterocycles. The molecule has 0 saturated carbocycles. The van der Waals surface area contributed by atoms with E-state index in [0.717, 1.165) is 11.1 Å². The van der Waals surface area contributed by atoms with Crippen LogP contribution in [0.3, 0.4) is 0 Å². The summed E-state index contributed by atoms with van der Waals surface area (Å²) >= 11 is 0. The Kier molecular flexibility index (Phi) is 7.05. The lowest BCUT2D eigenvalue weighted by atomic mass is 10.0. The first-order valence-electron chi connectivity index (χ1n) is 8.91. The third kappa shape index (κ3) is 5.82. The van der Waals surface area contributed by atoms with Crippen molar-refractivity contribution in [2.75, 3.05) is 6.61 Å². The maximum Gasteiger partial charge on any atom is 0.324 e. The summed E-state index contributed by atoms with van der Waals surface area (Å²) in [7, 11) is -4.00. The minimum absolute atomic E-state index is 0.0893. The first-order valence-corrected chi connectivity index (χ1v) is 10.4. The number of ketones is 2. The van der Waals surface area contributed by atoms with E-state index < -0.39 is 28.6 Å². The summed E-state index contributed by atoms with van der Waals surface area (Å²) < 4.78 is 32.0. The van der Waals surface area contributed by atoms with Crippen LogP contribution >= 0.6 is 0 Å². The van der Waals surface area contributed by atoms with Gasteiger partial charge in [-0.3, -0.25) is 14.4 Å². The Labute approximate surface area is 170 Å². The van der Waals surface area contributed by atoms with Crippen LogP contribution in [0, 0.1) is 13.8 Å². The van der Waals surface area contributed by atoms with Gasteiger partial charge in [0.1, 0.15) is 6.04 Å². The Hall–Kier alpha value is -2.84. The van der Waals surface area contributed by atoms with Crippen LogP contribution in [-0.2, 0) is 19.6 Å². The van der Waals surface area contributed by atoms with Crippen LogP contribution in [0.5, 0.6) is 0 Å². The molecule has 0 aliphatic heterocycles. The first-order chi connectivity index (χ1) is 13.5. The summed E-state index contributed by atoms with van der Waals surface area (Å²) in [5.41, 5.74) is 2.60. The van der Waals surface area contributed by atoms with Crippen molar-refractivity contribution >= 4 is 27.6 Å². The minimum Gasteiger partial charge on any atom is -0.456 e. The molecule has 29 heavy (non-hydrogen) atoms. The second kappa shape index (κ2) is 9.11. The molecule has 0 radical (unpaired) electrons. The molecule has 0 unspecified atom stereocenters. The monoisotopic (exact) mass is 417 g/mol. The van der Waals surface area contributed by atoms with Crippen LogP contribution in [0.2, 0.25) is 0 Å². The van der Waals surface area contributed by atoms with Gasteiger partial charge in [-0.2, -0.15) is 4.72 Å². The van der Waals surface area contributed by atoms with Gasteiger partial charge in [0.25, 0.3) is 0 Å². The molecule has 0 aliphatic carbocycles. The van der Waals surface area contributed by atoms with Crippen LogP contribution in [0.4, 0.5) is 0 Å². The Morgan fingerprint density at radius 1 is 1.03 bits per heavy atom. The Balaban J connectivity index is 1.98. The molecule has 0 spiro atoms. The quantitative estimate of drug-likeness (QED) is 0.523. The van der Waals surface area contributed by atoms with Gasteiger partial charge in [0.15, 0.2) is 12.4 Å². The van der Waals surface area contributed by atoms with Gasteiger partial charge in [-0.1, -0.05) is 35.9 Å². The maximum atomic E-state index is 12.4. The van der Waals surface area contributed by atoms with E-state index in [9.17, 15) is 22.8 Å². The average molecular weight is 417 g/mol. The average Bonchev–Trinajstić information content (AvgIpc) is 2.65. The zero-order valence-electron chi connectivity index (χ0n) is 16.7. The maximum absolute atomic E-state index is 12.4. The van der Waals surface area contributed by atoms with Crippen LogP contribution < -0.4 is 4.72 Å². The summed E-state index contributed by atoms with van der Waals surface area (Å²) in [6.45, 7) is 5.91. The van der Waals surface area contributed by atoms with Gasteiger partial charge in [0.05, 0.1) is 4.90 Å². The number of esters is 1. The number of nitrogens with one attached hydrogen (secondary N) is 1. The predicted octanol–water partition coefficient (Wildman–Crippen LogP) is 2.60. The SMILES string of the molecule is CC(=O)c1ccc(S(=O)(=O)N[C@@H](C)C(=O)OCC(=O)c2ccc(C)cc2C)cc1. The number of ether oxygens (including phenoxy) is 1. The molecule has 7 nitrogen and oxygen atoms in total. The van der Waals surface area contributed by atoms with Gasteiger partial charge >= 0.3 is 5.97 Å². The molecule has 1 N–H and O–H groups in total. The van der Waals surface area contributed by atoms with Crippen LogP contribution in [0.25, 0.3) is 0 Å². The van der Waals surface area contributed by atoms with Gasteiger partial charge in [-0.25, -0.2) is 8.42 Å². The van der Waals surface area contributed by atoms with E-state index in [-0.39, 0.29) is 16.5 Å². The van der Waals surface area contributed by atoms with E-state index in [1.165, 1.54) is 38.1 Å². The third-order valence-corrected chi connectivity index (χ3v) is 5.84. The summed E-state index contributed by atoms with van der Waals surface area (Å²) in [5.74, 6) is -1.43. The largest absolute Gasteiger partial charge is 0.456 e. The molecular formula is C21H23NO6S. The summed E-state index contributed by atoms with van der Waals surface area (Å²) in [5, 5.41) is 0. The molecule has 2 aromatic rings. The van der Waals surface area contributed by atoms with Crippen molar-refractivity contribution in [2.45, 2.75) is 38.6 Å². The number of carbonyl (C=O) groups is 3. The van der Waals surface area contributed by atoms with Gasteiger partial charge in [0.2, 0.25) is 15.8 Å². The van der Waals surface area contributed by atoms with Crippen molar-refractivity contribution in [3.63, 3.8) is 0 Å². The second-order valence-electron chi connectivity index (χ2n) is 6.77. The minimum atomic E-state index is -4.00. The lowest BCUT2D eigenvalue weighted by molar-refractivity contribution is -0.144. The highest BCUT2D eigenvalue weighted by Crippen LogP contribution is 2.13. The Morgan fingerprint density at radius 3 is 2.21 bits per heavy atom. The molecule has 0 amide bonds. The number of carbonyl (C=O) groups excluding carboxylic acids is 3. The summed E-state index contributed by atoms with van der Waals surface area (Å²) in [6, 6.07) is 9.45. The highest BCUT2D eigenvalue weighted by Gasteiger charge is 2.24. The predicted molar refractivity (Wildman–Crippen MR) is 107 cm³/mol. The highest BCUT2D eigenvalue weighted by atomic mass is 32.2. The molecule has 0 fully saturated rings. The number of aryl methyl sites for hydroxylation is 2. The standard InChI is InChI=1S/C21H23NO6S/c1-13-5-10-19(14(2)11-13)20(24)12-28-21(25)15(3)22-29(26,27)18-8-6-17(7-9-18)16(4)23/h5-11,15,22H,12H2,1-4H3/t15-/m0/s1. The zero-order valence-corrected chi connectivity index (χ0v) is 17.5. The van der Waals surface area contributed by atoms with E-state index in [4.69, 9.17) is 4.74 Å². The van der Waals surface area contributed by atoms with Crippen LogP contribution in [-0.4, -0.2) is 38.6 Å². The van der Waals surface area contributed by atoms with E-state index >= 15 is 0 Å². The Morgan fingerprint density at radius 2 is 1.66 bits per heavy atom. The number of Topliss-reactive ketones (excluding diaryl/α,β-unsaturated/α-hetero) is 2. The molecule has 0 aliphatic rings. The van der Waals surface area contributed by atoms with Gasteiger partial charge in [-0.05, 0) is 45.4 Å². The molecule has 0 bridgehead atoms. The van der Waals surface area contributed by atoms with Crippen molar-refractivity contribution in [3.8, 4) is 0 Å². The van der Waals surface area contributed by atoms with Crippen molar-refractivity contribution in [1.82, 2.24) is 4.72 Å². The topological polar surface area (TPSA) is 107 Å². The van der Waals surface area contributed by atoms with Crippen LogP contribution in [0.15, 0.2) is 47.4 Å². The lowest BCUT2D eigenvalue weighted by Crippen LogP contribution is -2.40. The van der Waals surface area contributed by atoms with Crippen molar-refractivity contribution in [3.05, 3.63) is 64.7 Å². The molecular weight excluding hydrogens is 394 g/mol. The van der Waals surface area contributed by atoms with E-state index in [1.54, 1.807) is 19.1 Å². The number of rotatable bonds is 8. The summed E-state index contributed by atoms with van der Waals surface area (Å²) in [4.78, 5) is 35.6. The first kappa shape index (κ1) is 22.4. The highest BCUT2D eigenvalue weighted by molar-refractivity contribution is 7.89. The van der Waals surface area contributed by atoms with Crippen molar-refractivity contribution in [1.29, 1.82) is 0 Å². The lowest BCUT2D eigenvalue weighted by Gasteiger charge is -2.14. The zero-order chi connectivity index (χ0) is 21.8. The molecule has 2 rings (SSSR count). The number of sulfonamides is 1. The van der Waals surface area contributed by atoms with Gasteiger partial charge in [0, 0.05) is 11.1 Å². The van der Waals surface area contributed by atoms with E-state index in [2.05, 4.69) is 4.72 Å². The van der Waals surface area contributed by atoms with Crippen molar-refractivity contribution < 1.29 is 27.5 Å². The molecule has 0 saturated heterocycles. The molecule has 154 valence electrons. The fraction of sp³-hybridized carbons (Fsp3) is 0.286. The number of hydrogen-bond acceptors (Lipinski definition) is 6. The van der Waals surface area contributed by atoms with E-state index in [1.807, 2.05) is 13.0 Å². The molecule has 2 aromatic carbocycles. The molecule has 0 aromatic heterocycles. The Bertz CT molecular complexity index is 1040. The second-order valence-corrected chi connectivity index (χ2v) is 8.49. The number of benzene rings is 2. The van der Waals surface area contributed by atoms with E-state index in [0.29, 0.717) is 11.1 Å². The third-order valence-electron chi connectivity index (χ3n) is 4.28. The summed E-state index contributed by atoms with van der Waals surface area (Å²) in [6.07, 6.45) is 0. The normalized spacial score (nSPS) is 12.3.